The molecule has 0 aromatic heterocycles. The normalized spacial score (nSPS) is 15.0. The van der Waals surface area contributed by atoms with E-state index in [2.05, 4.69) is 26.5 Å². The Morgan fingerprint density at radius 2 is 2.21 bits per heavy atom. The van der Waals surface area contributed by atoms with Crippen LogP contribution in [-0.4, -0.2) is 24.0 Å². The van der Waals surface area contributed by atoms with Crippen LogP contribution in [0.1, 0.15) is 12.0 Å². The highest BCUT2D eigenvalue weighted by Crippen LogP contribution is 2.30. The zero-order valence-electron chi connectivity index (χ0n) is 12.6. The monoisotopic (exact) mass is 408 g/mol. The van der Waals surface area contributed by atoms with Crippen LogP contribution in [0.25, 0.3) is 0 Å². The number of rotatable bonds is 4. The first-order valence-corrected chi connectivity index (χ1v) is 9.06. The predicted molar refractivity (Wildman–Crippen MR) is 96.1 cm³/mol. The summed E-state index contributed by atoms with van der Waals surface area (Å²) < 4.78 is 19.7. The summed E-state index contributed by atoms with van der Waals surface area (Å²) in [5, 5.41) is 4.14. The number of thioether (sulfide) groups is 1. The molecule has 4 nitrogen and oxygen atoms in total. The summed E-state index contributed by atoms with van der Waals surface area (Å²) in [5.41, 5.74) is 3.89. The number of hydrogen-bond donors (Lipinski definition) is 1. The number of hydrogen-bond acceptors (Lipinski definition) is 4. The van der Waals surface area contributed by atoms with Crippen LogP contribution in [0.5, 0.6) is 5.75 Å². The van der Waals surface area contributed by atoms with Gasteiger partial charge in [-0.2, -0.15) is 5.10 Å². The standard InChI is InChI=1S/C17H14BrFN2O2S/c18-11-2-1-3-13(8-11)23-10-17(22)21-20-15-6-7-24-16-5-4-12(19)9-14(15)16/h1-5,8-9H,6-7,10H2,(H,21,22)/b20-15-. The van der Waals surface area contributed by atoms with Gasteiger partial charge in [0, 0.05) is 27.1 Å². The van der Waals surface area contributed by atoms with E-state index in [0.29, 0.717) is 17.9 Å². The molecule has 0 radical (unpaired) electrons. The molecule has 0 spiro atoms. The highest BCUT2D eigenvalue weighted by Gasteiger charge is 2.17. The molecule has 0 fully saturated rings. The lowest BCUT2D eigenvalue weighted by molar-refractivity contribution is -0.123. The van der Waals surface area contributed by atoms with Gasteiger partial charge in [-0.25, -0.2) is 9.82 Å². The maximum Gasteiger partial charge on any atom is 0.277 e. The number of nitrogens with zero attached hydrogens (tertiary/aromatic N) is 1. The van der Waals surface area contributed by atoms with E-state index in [4.69, 9.17) is 4.74 Å². The molecular weight excluding hydrogens is 395 g/mol. The van der Waals surface area contributed by atoms with E-state index in [9.17, 15) is 9.18 Å². The van der Waals surface area contributed by atoms with Gasteiger partial charge in [0.15, 0.2) is 6.61 Å². The lowest BCUT2D eigenvalue weighted by Crippen LogP contribution is -2.26. The van der Waals surface area contributed by atoms with Crippen LogP contribution in [0.3, 0.4) is 0 Å². The molecule has 0 saturated heterocycles. The molecular formula is C17H14BrFN2O2S. The van der Waals surface area contributed by atoms with Crippen molar-refractivity contribution in [1.82, 2.24) is 5.43 Å². The average molecular weight is 409 g/mol. The van der Waals surface area contributed by atoms with Crippen LogP contribution in [0.15, 0.2) is 56.9 Å². The Kier molecular flexibility index (Phi) is 5.52. The zero-order valence-corrected chi connectivity index (χ0v) is 15.0. The number of carbonyl (C=O) groups excluding carboxylic acids is 1. The molecule has 0 saturated carbocycles. The fourth-order valence-corrected chi connectivity index (χ4v) is 3.62. The van der Waals surface area contributed by atoms with E-state index in [-0.39, 0.29) is 18.3 Å². The maximum atomic E-state index is 13.4. The number of nitrogens with one attached hydrogen (secondary N) is 1. The van der Waals surface area contributed by atoms with E-state index in [1.807, 2.05) is 12.1 Å². The summed E-state index contributed by atoms with van der Waals surface area (Å²) in [6.07, 6.45) is 0.674. The first kappa shape index (κ1) is 17.0. The topological polar surface area (TPSA) is 50.7 Å². The summed E-state index contributed by atoms with van der Waals surface area (Å²) >= 11 is 4.99. The molecule has 2 aromatic carbocycles. The zero-order chi connectivity index (χ0) is 16.9. The number of hydrazone groups is 1. The van der Waals surface area contributed by atoms with Crippen molar-refractivity contribution in [3.63, 3.8) is 0 Å². The van der Waals surface area contributed by atoms with Crippen molar-refractivity contribution in [3.8, 4) is 5.75 Å². The SMILES string of the molecule is O=C(COc1cccc(Br)c1)N/N=C1/CCSc2ccc(F)cc21. The van der Waals surface area contributed by atoms with Crippen LogP contribution in [0, 0.1) is 5.82 Å². The fraction of sp³-hybridized carbons (Fsp3) is 0.176. The van der Waals surface area contributed by atoms with Gasteiger partial charge < -0.3 is 4.74 Å². The molecule has 2 aromatic rings. The molecule has 124 valence electrons. The number of halogens is 2. The van der Waals surface area contributed by atoms with Gasteiger partial charge in [0.05, 0.1) is 5.71 Å². The fourth-order valence-electron chi connectivity index (χ4n) is 2.23. The van der Waals surface area contributed by atoms with E-state index in [1.54, 1.807) is 30.0 Å². The molecule has 0 bridgehead atoms. The molecule has 24 heavy (non-hydrogen) atoms. The molecule has 0 unspecified atom stereocenters. The number of ether oxygens (including phenoxy) is 1. The van der Waals surface area contributed by atoms with E-state index in [0.717, 1.165) is 20.7 Å². The third-order valence-electron chi connectivity index (χ3n) is 3.33. The van der Waals surface area contributed by atoms with Crippen LogP contribution < -0.4 is 10.2 Å². The van der Waals surface area contributed by atoms with E-state index < -0.39 is 0 Å². The molecule has 0 aliphatic carbocycles. The van der Waals surface area contributed by atoms with Crippen LogP contribution in [-0.2, 0) is 4.79 Å². The summed E-state index contributed by atoms with van der Waals surface area (Å²) in [6.45, 7) is -0.141. The molecule has 3 rings (SSSR count). The lowest BCUT2D eigenvalue weighted by atomic mass is 10.1. The van der Waals surface area contributed by atoms with E-state index in [1.165, 1.54) is 12.1 Å². The van der Waals surface area contributed by atoms with E-state index >= 15 is 0 Å². The van der Waals surface area contributed by atoms with Gasteiger partial charge in [-0.3, -0.25) is 4.79 Å². The molecule has 7 heteroatoms. The van der Waals surface area contributed by atoms with Crippen LogP contribution in [0.2, 0.25) is 0 Å². The Morgan fingerprint density at radius 3 is 3.04 bits per heavy atom. The Labute approximate surface area is 151 Å². The van der Waals surface area contributed by atoms with Gasteiger partial charge in [0.2, 0.25) is 0 Å². The van der Waals surface area contributed by atoms with Gasteiger partial charge >= 0.3 is 0 Å². The van der Waals surface area contributed by atoms with Gasteiger partial charge in [0.1, 0.15) is 11.6 Å². The minimum Gasteiger partial charge on any atom is -0.484 e. The Hall–Kier alpha value is -1.86. The summed E-state index contributed by atoms with van der Waals surface area (Å²) in [7, 11) is 0. The third-order valence-corrected chi connectivity index (χ3v) is 4.90. The van der Waals surface area contributed by atoms with Crippen molar-refractivity contribution in [2.45, 2.75) is 11.3 Å². The summed E-state index contributed by atoms with van der Waals surface area (Å²) in [6, 6.07) is 11.9. The smallest absolute Gasteiger partial charge is 0.277 e. The number of carbonyl (C=O) groups is 1. The summed E-state index contributed by atoms with van der Waals surface area (Å²) in [4.78, 5) is 12.9. The quantitative estimate of drug-likeness (QED) is 0.778. The van der Waals surface area contributed by atoms with Crippen molar-refractivity contribution in [1.29, 1.82) is 0 Å². The number of amides is 1. The minimum absolute atomic E-state index is 0.141. The van der Waals surface area contributed by atoms with Crippen LogP contribution >= 0.6 is 27.7 Å². The van der Waals surface area contributed by atoms with Crippen molar-refractivity contribution in [2.75, 3.05) is 12.4 Å². The highest BCUT2D eigenvalue weighted by atomic mass is 79.9. The second-order valence-corrected chi connectivity index (χ2v) is 7.13. The number of fused-ring (bicyclic) bond motifs is 1. The van der Waals surface area contributed by atoms with Gasteiger partial charge in [-0.05, 0) is 36.4 Å². The van der Waals surface area contributed by atoms with Crippen molar-refractivity contribution < 1.29 is 13.9 Å². The second kappa shape index (κ2) is 7.81. The molecule has 1 N–H and O–H groups in total. The minimum atomic E-state index is -0.362. The first-order chi connectivity index (χ1) is 11.6. The van der Waals surface area contributed by atoms with Crippen molar-refractivity contribution in [2.24, 2.45) is 5.10 Å². The Bertz CT molecular complexity index is 798. The average Bonchev–Trinajstić information content (AvgIpc) is 2.58. The highest BCUT2D eigenvalue weighted by molar-refractivity contribution is 9.10. The van der Waals surface area contributed by atoms with Gasteiger partial charge in [-0.1, -0.05) is 22.0 Å². The Balaban J connectivity index is 1.62. The molecule has 0 atom stereocenters. The third kappa shape index (κ3) is 4.36. The molecule has 1 aliphatic heterocycles. The predicted octanol–water partition coefficient (Wildman–Crippen LogP) is 3.98. The Morgan fingerprint density at radius 1 is 1.33 bits per heavy atom. The van der Waals surface area contributed by atoms with Crippen molar-refractivity contribution >= 4 is 39.3 Å². The van der Waals surface area contributed by atoms with Gasteiger partial charge in [0.25, 0.3) is 5.91 Å². The lowest BCUT2D eigenvalue weighted by Gasteiger charge is -2.17. The second-order valence-electron chi connectivity index (χ2n) is 5.08. The van der Waals surface area contributed by atoms with Crippen LogP contribution in [0.4, 0.5) is 4.39 Å². The largest absolute Gasteiger partial charge is 0.484 e. The van der Waals surface area contributed by atoms with Gasteiger partial charge in [-0.15, -0.1) is 11.8 Å². The summed E-state index contributed by atoms with van der Waals surface area (Å²) in [5.74, 6) is 0.766. The molecule has 1 amide bonds. The molecule has 1 aliphatic rings. The first-order valence-electron chi connectivity index (χ1n) is 7.28. The maximum absolute atomic E-state index is 13.4. The number of benzene rings is 2. The van der Waals surface area contributed by atoms with Crippen molar-refractivity contribution in [3.05, 3.63) is 58.3 Å². The molecule has 1 heterocycles.